The summed E-state index contributed by atoms with van der Waals surface area (Å²) < 4.78 is 20.7. The minimum absolute atomic E-state index is 0.285. The van der Waals surface area contributed by atoms with Crippen LogP contribution in [-0.4, -0.2) is 18.8 Å². The quantitative estimate of drug-likeness (QED) is 0.575. The van der Waals surface area contributed by atoms with Crippen LogP contribution in [-0.2, 0) is 20.1 Å². The van der Waals surface area contributed by atoms with E-state index in [0.717, 1.165) is 33.7 Å². The standard InChI is InChI=1S/C18H20FNO.2ClH.Ru/c1-12-8-16(19)7-6-15(12)11-20(4)17-9-13(2)18(21-5)14(3)10-17;;;/h1,6-10H,11H2,2-5H3;2*1H;/q;;;+2/p-2. The summed E-state index contributed by atoms with van der Waals surface area (Å²) in [4.78, 5) is 2.11. The first-order valence-electron chi connectivity index (χ1n) is 7.29. The van der Waals surface area contributed by atoms with Crippen LogP contribution in [0.4, 0.5) is 10.1 Å². The van der Waals surface area contributed by atoms with Crippen molar-refractivity contribution in [3.63, 3.8) is 0 Å². The molecule has 0 saturated heterocycles. The van der Waals surface area contributed by atoms with E-state index in [4.69, 9.17) is 24.1 Å². The first-order valence-corrected chi connectivity index (χ1v) is 12.8. The van der Waals surface area contributed by atoms with Crippen LogP contribution in [0.15, 0.2) is 30.3 Å². The molecule has 0 aliphatic carbocycles. The van der Waals surface area contributed by atoms with Gasteiger partial charge in [0, 0.05) is 0 Å². The second-order valence-corrected chi connectivity index (χ2v) is 11.3. The van der Waals surface area contributed by atoms with Gasteiger partial charge in [0.05, 0.1) is 0 Å². The molecule has 2 aromatic rings. The summed E-state index contributed by atoms with van der Waals surface area (Å²) in [6, 6.07) is 8.90. The Balaban J connectivity index is 2.33. The Bertz CT molecular complexity index is 753. The van der Waals surface area contributed by atoms with Crippen LogP contribution >= 0.6 is 19.4 Å². The fraction of sp³-hybridized carbons (Fsp3) is 0.278. The molecule has 132 valence electrons. The van der Waals surface area contributed by atoms with Crippen LogP contribution in [0.1, 0.15) is 22.3 Å². The number of benzene rings is 2. The van der Waals surface area contributed by atoms with Gasteiger partial charge in [0.25, 0.3) is 0 Å². The van der Waals surface area contributed by atoms with Crippen molar-refractivity contribution in [2.45, 2.75) is 20.4 Å². The van der Waals surface area contributed by atoms with Gasteiger partial charge in [0.2, 0.25) is 0 Å². The van der Waals surface area contributed by atoms with Gasteiger partial charge in [-0.2, -0.15) is 0 Å². The molecule has 0 aliphatic rings. The zero-order chi connectivity index (χ0) is 17.9. The Hall–Kier alpha value is -0.957. The molecule has 0 unspecified atom stereocenters. The second-order valence-electron chi connectivity index (χ2n) is 5.62. The molecule has 24 heavy (non-hydrogen) atoms. The van der Waals surface area contributed by atoms with Crippen LogP contribution in [0.3, 0.4) is 0 Å². The first-order chi connectivity index (χ1) is 11.3. The van der Waals surface area contributed by atoms with E-state index < -0.39 is 13.5 Å². The van der Waals surface area contributed by atoms with Crippen molar-refractivity contribution in [3.05, 3.63) is 58.4 Å². The molecular formula is C18H20Cl2FNORu. The predicted molar refractivity (Wildman–Crippen MR) is 97.8 cm³/mol. The van der Waals surface area contributed by atoms with Gasteiger partial charge in [-0.25, -0.2) is 0 Å². The molecule has 0 radical (unpaired) electrons. The van der Waals surface area contributed by atoms with E-state index in [1.165, 1.54) is 12.1 Å². The SMILES string of the molecule is COc1c(C)cc(N(C)Cc2ccc(F)cc2[CH]=[Ru]([Cl])[Cl])cc1C. The summed E-state index contributed by atoms with van der Waals surface area (Å²) in [5.41, 5.74) is 5.00. The van der Waals surface area contributed by atoms with Gasteiger partial charge < -0.3 is 0 Å². The molecule has 0 fully saturated rings. The number of aryl methyl sites for hydroxylation is 2. The molecule has 0 amide bonds. The van der Waals surface area contributed by atoms with Gasteiger partial charge >= 0.3 is 156 Å². The van der Waals surface area contributed by atoms with Crippen LogP contribution in [0, 0.1) is 19.7 Å². The van der Waals surface area contributed by atoms with Gasteiger partial charge in [-0.15, -0.1) is 0 Å². The number of hydrogen-bond donors (Lipinski definition) is 0. The van der Waals surface area contributed by atoms with Crippen molar-refractivity contribution in [2.24, 2.45) is 0 Å². The topological polar surface area (TPSA) is 12.5 Å². The number of ether oxygens (including phenoxy) is 1. The van der Waals surface area contributed by atoms with E-state index in [1.54, 1.807) is 17.8 Å². The van der Waals surface area contributed by atoms with Crippen LogP contribution in [0.2, 0.25) is 0 Å². The van der Waals surface area contributed by atoms with Crippen molar-refractivity contribution in [1.82, 2.24) is 0 Å². The second kappa shape index (κ2) is 8.42. The van der Waals surface area contributed by atoms with E-state index in [2.05, 4.69) is 17.0 Å². The Morgan fingerprint density at radius 2 is 1.79 bits per heavy atom. The van der Waals surface area contributed by atoms with E-state index in [-0.39, 0.29) is 5.82 Å². The molecule has 0 atom stereocenters. The van der Waals surface area contributed by atoms with Crippen molar-refractivity contribution >= 4 is 29.7 Å². The molecule has 6 heteroatoms. The average molecular weight is 457 g/mol. The molecule has 2 nitrogen and oxygen atoms in total. The van der Waals surface area contributed by atoms with Crippen molar-refractivity contribution in [2.75, 3.05) is 19.1 Å². The van der Waals surface area contributed by atoms with E-state index in [1.807, 2.05) is 20.9 Å². The van der Waals surface area contributed by atoms with Gasteiger partial charge in [-0.1, -0.05) is 0 Å². The maximum absolute atomic E-state index is 13.5. The van der Waals surface area contributed by atoms with Gasteiger partial charge in [0.15, 0.2) is 0 Å². The van der Waals surface area contributed by atoms with Crippen LogP contribution in [0.5, 0.6) is 5.75 Å². The average Bonchev–Trinajstić information content (AvgIpc) is 2.49. The monoisotopic (exact) mass is 457 g/mol. The number of anilines is 1. The molecule has 0 aliphatic heterocycles. The zero-order valence-electron chi connectivity index (χ0n) is 14.0. The Morgan fingerprint density at radius 3 is 2.33 bits per heavy atom. The fourth-order valence-corrected chi connectivity index (χ4v) is 4.56. The summed E-state index contributed by atoms with van der Waals surface area (Å²) in [6.45, 7) is 4.68. The van der Waals surface area contributed by atoms with E-state index in [9.17, 15) is 4.39 Å². The molecule has 2 rings (SSSR count). The number of hydrogen-bond acceptors (Lipinski definition) is 2. The summed E-state index contributed by atoms with van der Waals surface area (Å²) in [6.07, 6.45) is 0. The molecule has 0 saturated carbocycles. The molecule has 0 bridgehead atoms. The van der Waals surface area contributed by atoms with E-state index in [0.29, 0.717) is 6.54 Å². The third kappa shape index (κ3) is 4.78. The number of halogens is 3. The number of rotatable bonds is 5. The van der Waals surface area contributed by atoms with Crippen molar-refractivity contribution in [3.8, 4) is 5.75 Å². The fourth-order valence-electron chi connectivity index (χ4n) is 2.70. The molecule has 0 spiro atoms. The van der Waals surface area contributed by atoms with Crippen LogP contribution < -0.4 is 9.64 Å². The summed E-state index contributed by atoms with van der Waals surface area (Å²) in [5.74, 6) is 0.619. The molecule has 0 heterocycles. The predicted octanol–water partition coefficient (Wildman–Crippen LogP) is 5.16. The Kier molecular flexibility index (Phi) is 6.80. The summed E-state index contributed by atoms with van der Waals surface area (Å²) in [5, 5.41) is 0. The normalized spacial score (nSPS) is 11.2. The first kappa shape index (κ1) is 19.4. The van der Waals surface area contributed by atoms with Crippen molar-refractivity contribution < 1.29 is 22.6 Å². The Morgan fingerprint density at radius 1 is 1.17 bits per heavy atom. The van der Waals surface area contributed by atoms with Crippen molar-refractivity contribution in [1.29, 1.82) is 0 Å². The zero-order valence-corrected chi connectivity index (χ0v) is 17.3. The molecule has 0 aromatic heterocycles. The van der Waals surface area contributed by atoms with Gasteiger partial charge in [0.1, 0.15) is 0 Å². The summed E-state index contributed by atoms with van der Waals surface area (Å²) >= 11 is -2.02. The third-order valence-electron chi connectivity index (χ3n) is 3.79. The van der Waals surface area contributed by atoms with Gasteiger partial charge in [-0.3, -0.25) is 0 Å². The molecule has 2 aromatic carbocycles. The summed E-state index contributed by atoms with van der Waals surface area (Å²) in [7, 11) is 15.6. The van der Waals surface area contributed by atoms with E-state index >= 15 is 0 Å². The minimum atomic E-state index is -2.02. The third-order valence-corrected chi connectivity index (χ3v) is 5.63. The number of nitrogens with zero attached hydrogens (tertiary/aromatic N) is 1. The van der Waals surface area contributed by atoms with Crippen LogP contribution in [0.25, 0.3) is 0 Å². The van der Waals surface area contributed by atoms with Gasteiger partial charge in [-0.05, 0) is 0 Å². The number of methoxy groups -OCH3 is 1. The Labute approximate surface area is 155 Å². The molecule has 0 N–H and O–H groups in total. The molecular weight excluding hydrogens is 437 g/mol. The maximum atomic E-state index is 13.5.